The highest BCUT2D eigenvalue weighted by Gasteiger charge is 2.13. The van der Waals surface area contributed by atoms with E-state index in [0.29, 0.717) is 13.2 Å². The first-order valence-corrected chi connectivity index (χ1v) is 6.66. The highest BCUT2D eigenvalue weighted by molar-refractivity contribution is 5.69. The molecule has 1 atom stereocenters. The Kier molecular flexibility index (Phi) is 6.36. The Morgan fingerprint density at radius 3 is 2.53 bits per heavy atom. The molecule has 0 saturated heterocycles. The molecule has 19 heavy (non-hydrogen) atoms. The fraction of sp³-hybridized carbons (Fsp3) is 0.533. The van der Waals surface area contributed by atoms with Gasteiger partial charge in [-0.2, -0.15) is 0 Å². The summed E-state index contributed by atoms with van der Waals surface area (Å²) in [5, 5.41) is 8.86. The zero-order valence-electron chi connectivity index (χ0n) is 11.9. The molecule has 106 valence electrons. The molecule has 0 aliphatic carbocycles. The molecule has 0 fully saturated rings. The number of rotatable bonds is 8. The van der Waals surface area contributed by atoms with Gasteiger partial charge in [0.1, 0.15) is 5.75 Å². The van der Waals surface area contributed by atoms with Gasteiger partial charge in [0.15, 0.2) is 0 Å². The van der Waals surface area contributed by atoms with Gasteiger partial charge in [-0.25, -0.2) is 0 Å². The van der Waals surface area contributed by atoms with Crippen LogP contribution in [0, 0.1) is 5.92 Å². The third-order valence-corrected chi connectivity index (χ3v) is 3.02. The number of carboxylic acid groups (broad SMARTS) is 1. The van der Waals surface area contributed by atoms with Crippen molar-refractivity contribution in [3.8, 4) is 5.75 Å². The van der Waals surface area contributed by atoms with E-state index in [-0.39, 0.29) is 5.92 Å². The maximum absolute atomic E-state index is 10.8. The van der Waals surface area contributed by atoms with E-state index >= 15 is 0 Å². The van der Waals surface area contributed by atoms with Gasteiger partial charge >= 0.3 is 5.97 Å². The van der Waals surface area contributed by atoms with Gasteiger partial charge in [0.05, 0.1) is 12.5 Å². The molecule has 0 spiro atoms. The molecule has 0 aliphatic heterocycles. The second-order valence-corrected chi connectivity index (χ2v) is 4.83. The predicted octanol–water partition coefficient (Wildman–Crippen LogP) is 2.28. The summed E-state index contributed by atoms with van der Waals surface area (Å²) in [6, 6.07) is 8.05. The number of hydrogen-bond donors (Lipinski definition) is 1. The molecule has 0 aliphatic rings. The van der Waals surface area contributed by atoms with Gasteiger partial charge in [-0.05, 0) is 38.1 Å². The summed E-state index contributed by atoms with van der Waals surface area (Å²) in [6.45, 7) is 5.80. The van der Waals surface area contributed by atoms with E-state index in [0.717, 1.165) is 18.7 Å². The molecule has 0 radical (unpaired) electrons. The molecule has 1 N–H and O–H groups in total. The number of hydrogen-bond acceptors (Lipinski definition) is 3. The maximum Gasteiger partial charge on any atom is 0.307 e. The molecule has 4 heteroatoms. The molecule has 1 aromatic carbocycles. The van der Waals surface area contributed by atoms with E-state index in [1.807, 2.05) is 26.1 Å². The number of carboxylic acids is 1. The summed E-state index contributed by atoms with van der Waals surface area (Å²) in [7, 11) is 1.95. The summed E-state index contributed by atoms with van der Waals surface area (Å²) in [5.41, 5.74) is 1.23. The van der Waals surface area contributed by atoms with Crippen molar-refractivity contribution < 1.29 is 14.6 Å². The number of ether oxygens (including phenoxy) is 1. The van der Waals surface area contributed by atoms with Gasteiger partial charge in [-0.1, -0.05) is 19.1 Å². The van der Waals surface area contributed by atoms with Crippen molar-refractivity contribution in [2.24, 2.45) is 5.92 Å². The Morgan fingerprint density at radius 1 is 1.37 bits per heavy atom. The lowest BCUT2D eigenvalue weighted by atomic mass is 10.1. The third-order valence-electron chi connectivity index (χ3n) is 3.02. The van der Waals surface area contributed by atoms with Crippen LogP contribution in [-0.4, -0.2) is 42.7 Å². The Bertz CT molecular complexity index is 389. The number of nitrogens with zero attached hydrogens (tertiary/aromatic N) is 1. The van der Waals surface area contributed by atoms with E-state index in [2.05, 4.69) is 17.0 Å². The van der Waals surface area contributed by atoms with Crippen molar-refractivity contribution >= 4 is 5.97 Å². The molecule has 1 unspecified atom stereocenters. The summed E-state index contributed by atoms with van der Waals surface area (Å²) < 4.78 is 5.39. The number of likely N-dealkylation sites (N-methyl/N-ethyl adjacent to an activating group) is 1. The molecule has 0 saturated carbocycles. The first-order chi connectivity index (χ1) is 9.02. The minimum Gasteiger partial charge on any atom is -0.494 e. The van der Waals surface area contributed by atoms with Gasteiger partial charge in [0.25, 0.3) is 0 Å². The standard InChI is InChI=1S/C15H23NO3/c1-4-19-14-7-5-13(6-8-14)9-10-16(3)11-12(2)15(17)18/h5-8,12H,4,9-11H2,1-3H3,(H,17,18). The van der Waals surface area contributed by atoms with E-state index in [4.69, 9.17) is 9.84 Å². The Morgan fingerprint density at radius 2 is 2.00 bits per heavy atom. The Labute approximate surface area is 115 Å². The molecular formula is C15H23NO3. The van der Waals surface area contributed by atoms with Crippen molar-refractivity contribution in [2.45, 2.75) is 20.3 Å². The summed E-state index contributed by atoms with van der Waals surface area (Å²) in [4.78, 5) is 12.8. The van der Waals surface area contributed by atoms with Crippen LogP contribution in [-0.2, 0) is 11.2 Å². The van der Waals surface area contributed by atoms with Crippen molar-refractivity contribution in [1.29, 1.82) is 0 Å². The highest BCUT2D eigenvalue weighted by atomic mass is 16.5. The van der Waals surface area contributed by atoms with E-state index in [9.17, 15) is 4.79 Å². The topological polar surface area (TPSA) is 49.8 Å². The Balaban J connectivity index is 2.37. The SMILES string of the molecule is CCOc1ccc(CCN(C)CC(C)C(=O)O)cc1. The van der Waals surface area contributed by atoms with Crippen LogP contribution >= 0.6 is 0 Å². The zero-order chi connectivity index (χ0) is 14.3. The summed E-state index contributed by atoms with van der Waals surface area (Å²) >= 11 is 0. The Hall–Kier alpha value is -1.55. The van der Waals surface area contributed by atoms with Crippen LogP contribution in [0.1, 0.15) is 19.4 Å². The average Bonchev–Trinajstić information content (AvgIpc) is 2.38. The highest BCUT2D eigenvalue weighted by Crippen LogP contribution is 2.12. The zero-order valence-corrected chi connectivity index (χ0v) is 11.9. The van der Waals surface area contributed by atoms with Crippen LogP contribution in [0.3, 0.4) is 0 Å². The molecule has 0 amide bonds. The molecule has 1 aromatic rings. The van der Waals surface area contributed by atoms with Crippen molar-refractivity contribution in [1.82, 2.24) is 4.90 Å². The van der Waals surface area contributed by atoms with Gasteiger partial charge in [-0.3, -0.25) is 4.79 Å². The third kappa shape index (κ3) is 5.75. The number of benzene rings is 1. The largest absolute Gasteiger partial charge is 0.494 e. The average molecular weight is 265 g/mol. The molecule has 0 heterocycles. The smallest absolute Gasteiger partial charge is 0.307 e. The van der Waals surface area contributed by atoms with Crippen LogP contribution in [0.15, 0.2) is 24.3 Å². The van der Waals surface area contributed by atoms with E-state index in [1.54, 1.807) is 6.92 Å². The monoisotopic (exact) mass is 265 g/mol. The number of carbonyl (C=O) groups is 1. The van der Waals surface area contributed by atoms with Crippen LogP contribution in [0.25, 0.3) is 0 Å². The quantitative estimate of drug-likeness (QED) is 0.783. The lowest BCUT2D eigenvalue weighted by Gasteiger charge is -2.18. The molecule has 4 nitrogen and oxygen atoms in total. The van der Waals surface area contributed by atoms with E-state index < -0.39 is 5.97 Å². The fourth-order valence-corrected chi connectivity index (χ4v) is 1.88. The van der Waals surface area contributed by atoms with Crippen LogP contribution < -0.4 is 4.74 Å². The van der Waals surface area contributed by atoms with Gasteiger partial charge in [-0.15, -0.1) is 0 Å². The molecule has 1 rings (SSSR count). The minimum absolute atomic E-state index is 0.328. The van der Waals surface area contributed by atoms with Gasteiger partial charge < -0.3 is 14.7 Å². The first-order valence-electron chi connectivity index (χ1n) is 6.66. The van der Waals surface area contributed by atoms with Crippen LogP contribution in [0.4, 0.5) is 0 Å². The maximum atomic E-state index is 10.8. The first kappa shape index (κ1) is 15.5. The normalized spacial score (nSPS) is 12.4. The van der Waals surface area contributed by atoms with Crippen molar-refractivity contribution in [3.63, 3.8) is 0 Å². The van der Waals surface area contributed by atoms with Gasteiger partial charge in [0, 0.05) is 13.1 Å². The molecular weight excluding hydrogens is 242 g/mol. The summed E-state index contributed by atoms with van der Waals surface area (Å²) in [5.74, 6) is -0.183. The van der Waals surface area contributed by atoms with Crippen molar-refractivity contribution in [2.75, 3.05) is 26.7 Å². The summed E-state index contributed by atoms with van der Waals surface area (Å²) in [6.07, 6.45) is 0.912. The van der Waals surface area contributed by atoms with Crippen molar-refractivity contribution in [3.05, 3.63) is 29.8 Å². The lowest BCUT2D eigenvalue weighted by Crippen LogP contribution is -2.30. The number of aliphatic carboxylic acids is 1. The predicted molar refractivity (Wildman–Crippen MR) is 75.6 cm³/mol. The van der Waals surface area contributed by atoms with E-state index in [1.165, 1.54) is 5.56 Å². The molecule has 0 aromatic heterocycles. The fourth-order valence-electron chi connectivity index (χ4n) is 1.88. The van der Waals surface area contributed by atoms with Crippen LogP contribution in [0.5, 0.6) is 5.75 Å². The lowest BCUT2D eigenvalue weighted by molar-refractivity contribution is -0.141. The van der Waals surface area contributed by atoms with Gasteiger partial charge in [0.2, 0.25) is 0 Å². The molecule has 0 bridgehead atoms. The second-order valence-electron chi connectivity index (χ2n) is 4.83. The van der Waals surface area contributed by atoms with Crippen LogP contribution in [0.2, 0.25) is 0 Å². The minimum atomic E-state index is -0.743. The second kappa shape index (κ2) is 7.79.